The van der Waals surface area contributed by atoms with Gasteiger partial charge in [0, 0.05) is 29.5 Å². The van der Waals surface area contributed by atoms with Gasteiger partial charge in [-0.1, -0.05) is 17.7 Å². The highest BCUT2D eigenvalue weighted by molar-refractivity contribution is 7.14. The van der Waals surface area contributed by atoms with Crippen LogP contribution in [0.5, 0.6) is 0 Å². The van der Waals surface area contributed by atoms with Crippen molar-refractivity contribution in [1.82, 2.24) is 4.98 Å². The van der Waals surface area contributed by atoms with Gasteiger partial charge in [0.05, 0.1) is 18.0 Å². The van der Waals surface area contributed by atoms with Crippen LogP contribution in [0.25, 0.3) is 0 Å². The maximum absolute atomic E-state index is 12.0. The second-order valence-corrected chi connectivity index (χ2v) is 6.42. The molecule has 9 heteroatoms. The van der Waals surface area contributed by atoms with E-state index in [0.717, 1.165) is 12.2 Å². The summed E-state index contributed by atoms with van der Waals surface area (Å²) < 4.78 is 9.69. The lowest BCUT2D eigenvalue weighted by Gasteiger charge is -2.18. The highest BCUT2D eigenvalue weighted by Crippen LogP contribution is 2.30. The maximum Gasteiger partial charge on any atom is 0.331 e. The second-order valence-electron chi connectivity index (χ2n) is 5.15. The molecule has 1 amide bonds. The summed E-state index contributed by atoms with van der Waals surface area (Å²) in [4.78, 5) is 40.5. The number of halogens is 1. The van der Waals surface area contributed by atoms with Gasteiger partial charge >= 0.3 is 11.9 Å². The van der Waals surface area contributed by atoms with Gasteiger partial charge in [0.15, 0.2) is 5.13 Å². The number of carbonyl (C=O) groups is 3. The lowest BCUT2D eigenvalue weighted by molar-refractivity contribution is -0.141. The van der Waals surface area contributed by atoms with Crippen molar-refractivity contribution in [2.24, 2.45) is 0 Å². The van der Waals surface area contributed by atoms with Crippen molar-refractivity contribution in [3.63, 3.8) is 0 Å². The Morgan fingerprint density at radius 2 is 1.93 bits per heavy atom. The van der Waals surface area contributed by atoms with E-state index in [9.17, 15) is 14.4 Å². The molecule has 0 saturated heterocycles. The van der Waals surface area contributed by atoms with Gasteiger partial charge in [-0.3, -0.25) is 9.69 Å². The van der Waals surface area contributed by atoms with Gasteiger partial charge in [0.25, 0.3) is 0 Å². The third-order valence-electron chi connectivity index (χ3n) is 3.12. The molecule has 0 fully saturated rings. The maximum atomic E-state index is 12.0. The van der Waals surface area contributed by atoms with Gasteiger partial charge in [-0.2, -0.15) is 0 Å². The zero-order valence-electron chi connectivity index (χ0n) is 14.7. The summed E-state index contributed by atoms with van der Waals surface area (Å²) in [6.45, 7) is 3.21. The number of hydrogen-bond donors (Lipinski definition) is 0. The summed E-state index contributed by atoms with van der Waals surface area (Å²) in [6.07, 6.45) is 1.98. The molecule has 0 aliphatic rings. The van der Waals surface area contributed by atoms with Crippen molar-refractivity contribution in [3.8, 4) is 0 Å². The van der Waals surface area contributed by atoms with Crippen LogP contribution in [0.3, 0.4) is 0 Å². The molecular formula is C18H17ClN2O5S. The normalized spacial score (nSPS) is 10.6. The Morgan fingerprint density at radius 1 is 1.22 bits per heavy atom. The van der Waals surface area contributed by atoms with E-state index in [4.69, 9.17) is 16.3 Å². The number of ether oxygens (including phenoxy) is 2. The number of benzene rings is 1. The predicted molar refractivity (Wildman–Crippen MR) is 102 cm³/mol. The van der Waals surface area contributed by atoms with Crippen LogP contribution >= 0.6 is 22.9 Å². The molecule has 1 aromatic heterocycles. The molecule has 142 valence electrons. The van der Waals surface area contributed by atoms with Crippen LogP contribution in [0.4, 0.5) is 10.8 Å². The summed E-state index contributed by atoms with van der Waals surface area (Å²) in [5.41, 5.74) is 1.06. The third-order valence-corrected chi connectivity index (χ3v) is 4.23. The molecule has 0 bridgehead atoms. The number of rotatable bonds is 7. The van der Waals surface area contributed by atoms with Gasteiger partial charge in [0.1, 0.15) is 6.61 Å². The fourth-order valence-corrected chi connectivity index (χ4v) is 3.08. The molecule has 0 saturated carbocycles. The summed E-state index contributed by atoms with van der Waals surface area (Å²) >= 11 is 7.22. The predicted octanol–water partition coefficient (Wildman–Crippen LogP) is 3.64. The zero-order chi connectivity index (χ0) is 19.8. The summed E-state index contributed by atoms with van der Waals surface area (Å²) in [6, 6.07) is 6.85. The van der Waals surface area contributed by atoms with E-state index in [0.29, 0.717) is 21.5 Å². The highest BCUT2D eigenvalue weighted by Gasteiger charge is 2.18. The van der Waals surface area contributed by atoms with Crippen molar-refractivity contribution >= 4 is 51.6 Å². The number of anilines is 2. The Labute approximate surface area is 165 Å². The number of nitrogens with zero attached hydrogens (tertiary/aromatic N) is 2. The molecule has 0 spiro atoms. The van der Waals surface area contributed by atoms with E-state index < -0.39 is 11.9 Å². The van der Waals surface area contributed by atoms with E-state index in [2.05, 4.69) is 9.72 Å². The average Bonchev–Trinajstić information content (AvgIpc) is 3.07. The van der Waals surface area contributed by atoms with Gasteiger partial charge in [-0.25, -0.2) is 14.6 Å². The quantitative estimate of drug-likeness (QED) is 0.513. The van der Waals surface area contributed by atoms with Gasteiger partial charge < -0.3 is 9.47 Å². The Bertz CT molecular complexity index is 865. The molecule has 0 aliphatic heterocycles. The van der Waals surface area contributed by atoms with E-state index in [1.54, 1.807) is 36.6 Å². The first-order valence-corrected chi connectivity index (χ1v) is 9.18. The van der Waals surface area contributed by atoms with Crippen molar-refractivity contribution in [1.29, 1.82) is 0 Å². The van der Waals surface area contributed by atoms with E-state index >= 15 is 0 Å². The molecule has 0 radical (unpaired) electrons. The minimum Gasteiger partial charge on any atom is -0.463 e. The lowest BCUT2D eigenvalue weighted by Crippen LogP contribution is -2.22. The van der Waals surface area contributed by atoms with E-state index in [1.807, 2.05) is 0 Å². The first-order valence-electron chi connectivity index (χ1n) is 7.93. The molecule has 0 atom stereocenters. The number of aromatic nitrogens is 1. The fraction of sp³-hybridized carbons (Fsp3) is 0.222. The molecule has 2 aromatic rings. The molecular weight excluding hydrogens is 392 g/mol. The Hall–Kier alpha value is -2.71. The fourth-order valence-electron chi connectivity index (χ4n) is 2.03. The van der Waals surface area contributed by atoms with Crippen LogP contribution in [0, 0.1) is 0 Å². The molecule has 0 aliphatic carbocycles. The summed E-state index contributed by atoms with van der Waals surface area (Å²) in [7, 11) is 0. The van der Waals surface area contributed by atoms with Gasteiger partial charge in [-0.05, 0) is 25.1 Å². The van der Waals surface area contributed by atoms with Gasteiger partial charge in [0.2, 0.25) is 5.91 Å². The van der Waals surface area contributed by atoms with E-state index in [1.165, 1.54) is 23.2 Å². The van der Waals surface area contributed by atoms with Crippen LogP contribution in [0.1, 0.15) is 19.5 Å². The minimum absolute atomic E-state index is 0.0935. The summed E-state index contributed by atoms with van der Waals surface area (Å²) in [5.74, 6) is -1.55. The molecule has 1 heterocycles. The zero-order valence-corrected chi connectivity index (χ0v) is 16.2. The van der Waals surface area contributed by atoms with Crippen LogP contribution in [0.2, 0.25) is 5.02 Å². The Kier molecular flexibility index (Phi) is 7.51. The van der Waals surface area contributed by atoms with Crippen LogP contribution < -0.4 is 4.90 Å². The van der Waals surface area contributed by atoms with Gasteiger partial charge in [-0.15, -0.1) is 11.3 Å². The van der Waals surface area contributed by atoms with Crippen LogP contribution in [-0.4, -0.2) is 29.4 Å². The Morgan fingerprint density at radius 3 is 2.56 bits per heavy atom. The first-order chi connectivity index (χ1) is 12.9. The van der Waals surface area contributed by atoms with Crippen LogP contribution in [-0.2, 0) is 30.5 Å². The molecule has 2 rings (SSSR count). The molecule has 0 unspecified atom stereocenters. The number of carbonyl (C=O) groups excluding carboxylic acids is 3. The first kappa shape index (κ1) is 20.6. The SMILES string of the molecule is CCOC(=O)/C=C/C(=O)OCc1csc(N(C(C)=O)c2cccc(Cl)c2)n1. The Balaban J connectivity index is 2.03. The molecule has 1 aromatic carbocycles. The standard InChI is InChI=1S/C18H17ClN2O5S/c1-3-25-16(23)7-8-17(24)26-10-14-11-27-18(20-14)21(12(2)22)15-6-4-5-13(19)9-15/h4-9,11H,3,10H2,1-2H3/b8-7+. The van der Waals surface area contributed by atoms with E-state index in [-0.39, 0.29) is 19.1 Å². The van der Waals surface area contributed by atoms with Crippen molar-refractivity contribution < 1.29 is 23.9 Å². The third kappa shape index (κ3) is 6.19. The number of thiazole rings is 1. The number of esters is 2. The largest absolute Gasteiger partial charge is 0.463 e. The highest BCUT2D eigenvalue weighted by atomic mass is 35.5. The summed E-state index contributed by atoms with van der Waals surface area (Å²) in [5, 5.41) is 2.61. The smallest absolute Gasteiger partial charge is 0.331 e. The topological polar surface area (TPSA) is 85.8 Å². The monoisotopic (exact) mass is 408 g/mol. The van der Waals surface area contributed by atoms with Crippen molar-refractivity contribution in [2.45, 2.75) is 20.5 Å². The van der Waals surface area contributed by atoms with Crippen LogP contribution in [0.15, 0.2) is 41.8 Å². The minimum atomic E-state index is -0.698. The van der Waals surface area contributed by atoms with Crippen molar-refractivity contribution in [2.75, 3.05) is 11.5 Å². The molecule has 7 nitrogen and oxygen atoms in total. The van der Waals surface area contributed by atoms with Crippen molar-refractivity contribution in [3.05, 3.63) is 52.5 Å². The number of hydrogen-bond acceptors (Lipinski definition) is 7. The lowest BCUT2D eigenvalue weighted by atomic mass is 10.3. The average molecular weight is 409 g/mol. The second kappa shape index (κ2) is 9.84. The number of amides is 1. The molecule has 0 N–H and O–H groups in total. The molecule has 27 heavy (non-hydrogen) atoms.